The lowest BCUT2D eigenvalue weighted by Crippen LogP contribution is -2.45. The Bertz CT molecular complexity index is 1140. The molecule has 2 bridgehead atoms. The third-order valence-electron chi connectivity index (χ3n) is 7.39. The molecule has 35 heavy (non-hydrogen) atoms. The predicted molar refractivity (Wildman–Crippen MR) is 131 cm³/mol. The van der Waals surface area contributed by atoms with Crippen LogP contribution in [-0.4, -0.2) is 35.2 Å². The van der Waals surface area contributed by atoms with Crippen molar-refractivity contribution in [1.82, 2.24) is 4.90 Å². The highest BCUT2D eigenvalue weighted by atomic mass is 35.5. The monoisotopic (exact) mass is 503 g/mol. The van der Waals surface area contributed by atoms with Gasteiger partial charge in [-0.1, -0.05) is 17.7 Å². The fraction of sp³-hybridized carbons (Fsp3) is 0.536. The van der Waals surface area contributed by atoms with Gasteiger partial charge in [0, 0.05) is 29.7 Å². The van der Waals surface area contributed by atoms with Gasteiger partial charge in [-0.2, -0.15) is 0 Å². The number of nitrogens with zero attached hydrogens (tertiary/aromatic N) is 1. The molecule has 2 saturated carbocycles. The fourth-order valence-electron chi connectivity index (χ4n) is 5.64. The molecule has 188 valence electrons. The smallest absolute Gasteiger partial charge is 0.341 e. The second kappa shape index (κ2) is 9.04. The van der Waals surface area contributed by atoms with Crippen molar-refractivity contribution >= 4 is 17.6 Å². The van der Waals surface area contributed by atoms with E-state index in [4.69, 9.17) is 21.1 Å². The molecule has 4 atom stereocenters. The quantitative estimate of drug-likeness (QED) is 0.396. The standard InChI is InChI=1S/C28H32ClF2NO3/c1-15(19-8-7-18(30)11-22(19)29)32-14-16-9-24(32)26(10-16)34-25-13-23(31)21(12-20(25)17-5-6-17)27(33)35-28(2,3)4/h7-8,11-13,15-17,24,26H,5-6,9-10,14H2,1-4H3/t15-,16+,24-,26+/m0/s1. The number of ether oxygens (including phenoxy) is 2. The number of carbonyl (C=O) groups excluding carboxylic acids is 1. The first-order valence-electron chi connectivity index (χ1n) is 12.4. The first-order chi connectivity index (χ1) is 16.5. The van der Waals surface area contributed by atoms with Crippen molar-refractivity contribution in [3.8, 4) is 5.75 Å². The van der Waals surface area contributed by atoms with Crippen molar-refractivity contribution in [2.45, 2.75) is 83.1 Å². The second-order valence-corrected chi connectivity index (χ2v) is 11.7. The van der Waals surface area contributed by atoms with Crippen molar-refractivity contribution in [2.75, 3.05) is 6.54 Å². The fourth-order valence-corrected chi connectivity index (χ4v) is 5.96. The summed E-state index contributed by atoms with van der Waals surface area (Å²) in [5, 5.41) is 0.425. The molecule has 0 unspecified atom stereocenters. The molecule has 0 radical (unpaired) electrons. The summed E-state index contributed by atoms with van der Waals surface area (Å²) in [5.74, 6) is -0.327. The molecular formula is C28H32ClF2NO3. The second-order valence-electron chi connectivity index (χ2n) is 11.2. The molecule has 0 amide bonds. The normalized spacial score (nSPS) is 25.1. The van der Waals surface area contributed by atoms with Crippen LogP contribution in [0.25, 0.3) is 0 Å². The van der Waals surface area contributed by atoms with Gasteiger partial charge in [-0.3, -0.25) is 4.90 Å². The molecule has 3 fully saturated rings. The lowest BCUT2D eigenvalue weighted by Gasteiger charge is -2.38. The summed E-state index contributed by atoms with van der Waals surface area (Å²) in [6, 6.07) is 7.71. The largest absolute Gasteiger partial charge is 0.488 e. The summed E-state index contributed by atoms with van der Waals surface area (Å²) in [7, 11) is 0. The zero-order valence-electron chi connectivity index (χ0n) is 20.6. The average Bonchev–Trinajstić information content (AvgIpc) is 3.41. The summed E-state index contributed by atoms with van der Waals surface area (Å²) < 4.78 is 40.5. The van der Waals surface area contributed by atoms with Gasteiger partial charge in [-0.15, -0.1) is 0 Å². The maximum absolute atomic E-state index is 15.1. The number of fused-ring (bicyclic) bond motifs is 2. The number of hydrogen-bond donors (Lipinski definition) is 0. The Balaban J connectivity index is 1.37. The topological polar surface area (TPSA) is 38.8 Å². The van der Waals surface area contributed by atoms with Gasteiger partial charge in [0.05, 0.1) is 5.56 Å². The predicted octanol–water partition coefficient (Wildman–Crippen LogP) is 7.05. The van der Waals surface area contributed by atoms with E-state index in [0.717, 1.165) is 43.4 Å². The maximum atomic E-state index is 15.1. The minimum absolute atomic E-state index is 0.0127. The Kier molecular flexibility index (Phi) is 6.33. The molecule has 5 rings (SSSR count). The molecule has 3 aliphatic rings. The van der Waals surface area contributed by atoms with Crippen LogP contribution in [0.2, 0.25) is 5.02 Å². The van der Waals surface area contributed by atoms with Crippen LogP contribution in [0.4, 0.5) is 8.78 Å². The van der Waals surface area contributed by atoms with Gasteiger partial charge >= 0.3 is 5.97 Å². The van der Waals surface area contributed by atoms with Gasteiger partial charge in [0.25, 0.3) is 0 Å². The highest BCUT2D eigenvalue weighted by Gasteiger charge is 2.48. The molecule has 2 aromatic rings. The number of rotatable bonds is 6. The molecule has 0 spiro atoms. The summed E-state index contributed by atoms with van der Waals surface area (Å²) in [5.41, 5.74) is 1.04. The summed E-state index contributed by atoms with van der Waals surface area (Å²) >= 11 is 6.35. The van der Waals surface area contributed by atoms with Crippen LogP contribution in [0.15, 0.2) is 30.3 Å². The number of likely N-dealkylation sites (tertiary alicyclic amines) is 1. The number of halogens is 3. The summed E-state index contributed by atoms with van der Waals surface area (Å²) in [6.45, 7) is 8.32. The van der Waals surface area contributed by atoms with E-state index in [1.165, 1.54) is 18.2 Å². The van der Waals surface area contributed by atoms with Crippen molar-refractivity contribution in [1.29, 1.82) is 0 Å². The van der Waals surface area contributed by atoms with Gasteiger partial charge in [0.2, 0.25) is 0 Å². The maximum Gasteiger partial charge on any atom is 0.341 e. The van der Waals surface area contributed by atoms with Crippen LogP contribution in [0.1, 0.15) is 86.8 Å². The molecule has 1 heterocycles. The van der Waals surface area contributed by atoms with E-state index in [1.54, 1.807) is 32.9 Å². The molecular weight excluding hydrogens is 472 g/mol. The van der Waals surface area contributed by atoms with Crippen molar-refractivity contribution < 1.29 is 23.0 Å². The zero-order valence-corrected chi connectivity index (χ0v) is 21.4. The van der Waals surface area contributed by atoms with Crippen LogP contribution in [0.5, 0.6) is 5.75 Å². The number of hydrogen-bond acceptors (Lipinski definition) is 4. The van der Waals surface area contributed by atoms with E-state index >= 15 is 4.39 Å². The molecule has 1 aliphatic heterocycles. The van der Waals surface area contributed by atoms with Gasteiger partial charge < -0.3 is 9.47 Å². The van der Waals surface area contributed by atoms with Crippen molar-refractivity contribution in [2.24, 2.45) is 5.92 Å². The number of esters is 1. The molecule has 4 nitrogen and oxygen atoms in total. The van der Waals surface area contributed by atoms with Gasteiger partial charge in [-0.05, 0) is 94.5 Å². The molecule has 1 saturated heterocycles. The van der Waals surface area contributed by atoms with Crippen LogP contribution >= 0.6 is 11.6 Å². The Morgan fingerprint density at radius 3 is 2.51 bits per heavy atom. The van der Waals surface area contributed by atoms with Crippen molar-refractivity contribution in [3.63, 3.8) is 0 Å². The molecule has 0 aromatic heterocycles. The van der Waals surface area contributed by atoms with Crippen LogP contribution in [0.3, 0.4) is 0 Å². The molecule has 0 N–H and O–H groups in total. The van der Waals surface area contributed by atoms with Crippen LogP contribution in [-0.2, 0) is 4.74 Å². The zero-order chi connectivity index (χ0) is 25.1. The molecule has 7 heteroatoms. The lowest BCUT2D eigenvalue weighted by atomic mass is 10.0. The van der Waals surface area contributed by atoms with Crippen molar-refractivity contribution in [3.05, 3.63) is 63.7 Å². The third-order valence-corrected chi connectivity index (χ3v) is 7.72. The Morgan fingerprint density at radius 1 is 1.14 bits per heavy atom. The Labute approximate surface area is 210 Å². The van der Waals surface area contributed by atoms with Gasteiger partial charge in [-0.25, -0.2) is 13.6 Å². The van der Waals surface area contributed by atoms with E-state index in [9.17, 15) is 9.18 Å². The number of carbonyl (C=O) groups is 1. The Hall–Kier alpha value is -2.18. The average molecular weight is 504 g/mol. The van der Waals surface area contributed by atoms with E-state index < -0.39 is 17.4 Å². The molecule has 2 aliphatic carbocycles. The third kappa shape index (κ3) is 5.05. The van der Waals surface area contributed by atoms with E-state index in [1.807, 2.05) is 0 Å². The minimum Gasteiger partial charge on any atom is -0.488 e. The number of benzene rings is 2. The molecule has 2 aromatic carbocycles. The van der Waals surface area contributed by atoms with Crippen LogP contribution in [0, 0.1) is 17.6 Å². The lowest BCUT2D eigenvalue weighted by molar-refractivity contribution is 0.00643. The summed E-state index contributed by atoms with van der Waals surface area (Å²) in [4.78, 5) is 15.0. The van der Waals surface area contributed by atoms with Gasteiger partial charge in [0.1, 0.15) is 29.1 Å². The van der Waals surface area contributed by atoms with E-state index in [-0.39, 0.29) is 35.5 Å². The highest BCUT2D eigenvalue weighted by Crippen LogP contribution is 2.48. The van der Waals surface area contributed by atoms with Gasteiger partial charge in [0.15, 0.2) is 0 Å². The highest BCUT2D eigenvalue weighted by molar-refractivity contribution is 6.31. The van der Waals surface area contributed by atoms with E-state index in [0.29, 0.717) is 16.7 Å². The Morgan fingerprint density at radius 2 is 1.89 bits per heavy atom. The first-order valence-corrected chi connectivity index (χ1v) is 12.8. The number of piperidine rings is 1. The van der Waals surface area contributed by atoms with E-state index in [2.05, 4.69) is 11.8 Å². The minimum atomic E-state index is -0.699. The summed E-state index contributed by atoms with van der Waals surface area (Å²) in [6.07, 6.45) is 3.83. The van der Waals surface area contributed by atoms with Crippen LogP contribution < -0.4 is 4.74 Å². The SMILES string of the molecule is C[C@@H](c1ccc(F)cc1Cl)N1C[C@H]2C[C@@H](Oc3cc(F)c(C(=O)OC(C)(C)C)cc3C3CC3)[C@@H]1C2. The first kappa shape index (κ1) is 24.5.